The second-order valence-corrected chi connectivity index (χ2v) is 6.97. The number of amides is 1. The lowest BCUT2D eigenvalue weighted by Gasteiger charge is -2.39. The highest BCUT2D eigenvalue weighted by Crippen LogP contribution is 2.38. The Morgan fingerprint density at radius 3 is 2.63 bits per heavy atom. The first kappa shape index (κ1) is 14.4. The van der Waals surface area contributed by atoms with Crippen molar-refractivity contribution in [3.63, 3.8) is 0 Å². The van der Waals surface area contributed by atoms with Crippen LogP contribution in [0.15, 0.2) is 24.3 Å². The van der Waals surface area contributed by atoms with Crippen molar-refractivity contribution < 1.29 is 4.79 Å². The minimum Gasteiger partial charge on any atom is -0.349 e. The van der Waals surface area contributed by atoms with Crippen molar-refractivity contribution in [1.82, 2.24) is 5.32 Å². The molecule has 104 valence electrons. The van der Waals surface area contributed by atoms with E-state index in [9.17, 15) is 4.79 Å². The third-order valence-electron chi connectivity index (χ3n) is 3.84. The van der Waals surface area contributed by atoms with Crippen LogP contribution in [0.4, 0.5) is 0 Å². The molecular formula is C16H22ClNO. The Hall–Kier alpha value is -1.02. The van der Waals surface area contributed by atoms with Gasteiger partial charge in [-0.15, -0.1) is 0 Å². The van der Waals surface area contributed by atoms with Crippen molar-refractivity contribution >= 4 is 17.5 Å². The smallest absolute Gasteiger partial charge is 0.253 e. The molecule has 1 aromatic rings. The van der Waals surface area contributed by atoms with Gasteiger partial charge in [0.2, 0.25) is 0 Å². The van der Waals surface area contributed by atoms with Gasteiger partial charge >= 0.3 is 0 Å². The number of carbonyl (C=O) groups excluding carboxylic acids is 1. The van der Waals surface area contributed by atoms with Gasteiger partial charge in [0.1, 0.15) is 0 Å². The summed E-state index contributed by atoms with van der Waals surface area (Å²) in [6.45, 7) is 6.81. The molecule has 1 aliphatic carbocycles. The van der Waals surface area contributed by atoms with E-state index < -0.39 is 0 Å². The topological polar surface area (TPSA) is 29.1 Å². The predicted octanol–water partition coefficient (Wildman–Crippen LogP) is 4.28. The van der Waals surface area contributed by atoms with Crippen LogP contribution in [0.2, 0.25) is 5.02 Å². The molecule has 19 heavy (non-hydrogen) atoms. The first-order chi connectivity index (χ1) is 8.87. The Morgan fingerprint density at radius 1 is 1.32 bits per heavy atom. The molecule has 1 saturated carbocycles. The molecule has 1 amide bonds. The zero-order valence-corrected chi connectivity index (χ0v) is 12.6. The maximum atomic E-state index is 12.3. The molecule has 2 rings (SSSR count). The number of carbonyl (C=O) groups is 1. The van der Waals surface area contributed by atoms with Crippen LogP contribution < -0.4 is 5.32 Å². The summed E-state index contributed by atoms with van der Waals surface area (Å²) in [4.78, 5) is 12.3. The number of rotatable bonds is 2. The summed E-state index contributed by atoms with van der Waals surface area (Å²) in [7, 11) is 0. The normalized spacial score (nSPS) is 25.9. The van der Waals surface area contributed by atoms with E-state index in [0.29, 0.717) is 21.9 Å². The van der Waals surface area contributed by atoms with Gasteiger partial charge in [0.25, 0.3) is 5.91 Å². The molecule has 0 aromatic heterocycles. The highest BCUT2D eigenvalue weighted by atomic mass is 35.5. The first-order valence-electron chi connectivity index (χ1n) is 6.93. The highest BCUT2D eigenvalue weighted by molar-refractivity contribution is 6.33. The second kappa shape index (κ2) is 5.54. The number of hydrogen-bond acceptors (Lipinski definition) is 1. The minimum atomic E-state index is -0.0551. The van der Waals surface area contributed by atoms with E-state index in [-0.39, 0.29) is 11.9 Å². The second-order valence-electron chi connectivity index (χ2n) is 6.56. The number of benzene rings is 1. The Kier molecular flexibility index (Phi) is 4.19. The molecular weight excluding hydrogens is 258 g/mol. The average Bonchev–Trinajstić information content (AvgIpc) is 2.26. The van der Waals surface area contributed by atoms with Crippen LogP contribution in [0.1, 0.15) is 50.4 Å². The van der Waals surface area contributed by atoms with E-state index in [2.05, 4.69) is 26.1 Å². The zero-order valence-electron chi connectivity index (χ0n) is 11.9. The van der Waals surface area contributed by atoms with Crippen molar-refractivity contribution in [1.29, 1.82) is 0 Å². The molecule has 0 unspecified atom stereocenters. The number of nitrogens with one attached hydrogen (secondary N) is 1. The molecule has 0 spiro atoms. The lowest BCUT2D eigenvalue weighted by atomic mass is 9.70. The molecule has 0 radical (unpaired) electrons. The summed E-state index contributed by atoms with van der Waals surface area (Å²) in [5, 5.41) is 3.66. The Morgan fingerprint density at radius 2 is 2.00 bits per heavy atom. The molecule has 3 heteroatoms. The molecule has 1 aromatic carbocycles. The van der Waals surface area contributed by atoms with Crippen molar-refractivity contribution in [2.75, 3.05) is 0 Å². The predicted molar refractivity (Wildman–Crippen MR) is 79.5 cm³/mol. The van der Waals surface area contributed by atoms with E-state index in [4.69, 9.17) is 11.6 Å². The van der Waals surface area contributed by atoms with Crippen LogP contribution in [-0.4, -0.2) is 11.9 Å². The third kappa shape index (κ3) is 3.73. The van der Waals surface area contributed by atoms with Gasteiger partial charge in [-0.3, -0.25) is 4.79 Å². The van der Waals surface area contributed by atoms with Gasteiger partial charge in [-0.2, -0.15) is 0 Å². The minimum absolute atomic E-state index is 0.0551. The standard InChI is InChI=1S/C16H22ClNO/c1-11-8-12(10-16(2,3)9-11)18-15(19)13-6-4-5-7-14(13)17/h4-7,11-12H,8-10H2,1-3H3,(H,18,19)/t11-,12+/m0/s1. The molecule has 0 bridgehead atoms. The quantitative estimate of drug-likeness (QED) is 0.860. The van der Waals surface area contributed by atoms with Crippen molar-refractivity contribution in [3.05, 3.63) is 34.9 Å². The Bertz CT molecular complexity index is 470. The number of hydrogen-bond donors (Lipinski definition) is 1. The summed E-state index contributed by atoms with van der Waals surface area (Å²) >= 11 is 6.06. The van der Waals surface area contributed by atoms with E-state index in [1.807, 2.05) is 12.1 Å². The van der Waals surface area contributed by atoms with E-state index in [0.717, 1.165) is 12.8 Å². The zero-order chi connectivity index (χ0) is 14.0. The maximum absolute atomic E-state index is 12.3. The fourth-order valence-corrected chi connectivity index (χ4v) is 3.59. The van der Waals surface area contributed by atoms with E-state index in [1.54, 1.807) is 12.1 Å². The lowest BCUT2D eigenvalue weighted by Crippen LogP contribution is -2.43. The van der Waals surface area contributed by atoms with Crippen molar-refractivity contribution in [3.8, 4) is 0 Å². The first-order valence-corrected chi connectivity index (χ1v) is 7.30. The van der Waals surface area contributed by atoms with Gasteiger partial charge in [-0.05, 0) is 42.7 Å². The summed E-state index contributed by atoms with van der Waals surface area (Å²) in [6.07, 6.45) is 3.32. The summed E-state index contributed by atoms with van der Waals surface area (Å²) in [5.41, 5.74) is 0.871. The molecule has 1 aliphatic rings. The summed E-state index contributed by atoms with van der Waals surface area (Å²) in [6, 6.07) is 7.46. The largest absolute Gasteiger partial charge is 0.349 e. The molecule has 1 N–H and O–H groups in total. The molecule has 1 fully saturated rings. The van der Waals surface area contributed by atoms with Gasteiger partial charge in [0, 0.05) is 6.04 Å². The van der Waals surface area contributed by atoms with Crippen LogP contribution in [0, 0.1) is 11.3 Å². The number of halogens is 1. The monoisotopic (exact) mass is 279 g/mol. The molecule has 0 saturated heterocycles. The van der Waals surface area contributed by atoms with Gasteiger partial charge in [0.15, 0.2) is 0 Å². The van der Waals surface area contributed by atoms with Crippen LogP contribution in [0.5, 0.6) is 0 Å². The SMILES string of the molecule is C[C@H]1C[C@@H](NC(=O)c2ccccc2Cl)CC(C)(C)C1. The van der Waals surface area contributed by atoms with Crippen molar-refractivity contribution in [2.45, 2.75) is 46.1 Å². The van der Waals surface area contributed by atoms with Crippen LogP contribution in [0.25, 0.3) is 0 Å². The van der Waals surface area contributed by atoms with Crippen LogP contribution in [-0.2, 0) is 0 Å². The van der Waals surface area contributed by atoms with Gasteiger partial charge in [0.05, 0.1) is 10.6 Å². The van der Waals surface area contributed by atoms with Crippen molar-refractivity contribution in [2.24, 2.45) is 11.3 Å². The van der Waals surface area contributed by atoms with Crippen LogP contribution >= 0.6 is 11.6 Å². The fourth-order valence-electron chi connectivity index (χ4n) is 3.36. The van der Waals surface area contributed by atoms with Crippen LogP contribution in [0.3, 0.4) is 0 Å². The fraction of sp³-hybridized carbons (Fsp3) is 0.562. The van der Waals surface area contributed by atoms with Gasteiger partial charge < -0.3 is 5.32 Å². The van der Waals surface area contributed by atoms with Gasteiger partial charge in [-0.1, -0.05) is 44.5 Å². The summed E-state index contributed by atoms with van der Waals surface area (Å²) < 4.78 is 0. The molecule has 2 nitrogen and oxygen atoms in total. The highest BCUT2D eigenvalue weighted by Gasteiger charge is 2.32. The molecule has 0 heterocycles. The van der Waals surface area contributed by atoms with E-state index in [1.165, 1.54) is 6.42 Å². The lowest BCUT2D eigenvalue weighted by molar-refractivity contribution is 0.0874. The molecule has 0 aliphatic heterocycles. The van der Waals surface area contributed by atoms with E-state index >= 15 is 0 Å². The molecule has 2 atom stereocenters. The Labute approximate surface area is 120 Å². The maximum Gasteiger partial charge on any atom is 0.253 e. The van der Waals surface area contributed by atoms with Gasteiger partial charge in [-0.25, -0.2) is 0 Å². The average molecular weight is 280 g/mol. The summed E-state index contributed by atoms with van der Waals surface area (Å²) in [5.74, 6) is 0.598. The Balaban J connectivity index is 2.05. The third-order valence-corrected chi connectivity index (χ3v) is 4.17.